The number of rotatable bonds is 7. The smallest absolute Gasteiger partial charge is 0.226 e. The number of aromatic nitrogens is 1. The van der Waals surface area contributed by atoms with E-state index in [1.165, 1.54) is 0 Å². The molecule has 0 aliphatic heterocycles. The molecule has 0 saturated heterocycles. The van der Waals surface area contributed by atoms with Gasteiger partial charge in [0.2, 0.25) is 5.89 Å². The second-order valence-corrected chi connectivity index (χ2v) is 5.57. The lowest BCUT2D eigenvalue weighted by Crippen LogP contribution is -1.98. The largest absolute Gasteiger partial charge is 0.497 e. The maximum Gasteiger partial charge on any atom is 0.226 e. The van der Waals surface area contributed by atoms with Gasteiger partial charge in [-0.1, -0.05) is 18.2 Å². The van der Waals surface area contributed by atoms with Gasteiger partial charge in [0.1, 0.15) is 24.3 Å². The molecule has 0 radical (unpaired) electrons. The summed E-state index contributed by atoms with van der Waals surface area (Å²) < 4.78 is 21.9. The Hall–Kier alpha value is -3.21. The molecule has 0 bridgehead atoms. The molecule has 134 valence electrons. The van der Waals surface area contributed by atoms with E-state index in [4.69, 9.17) is 18.6 Å². The van der Waals surface area contributed by atoms with Gasteiger partial charge in [-0.25, -0.2) is 4.98 Å². The second kappa shape index (κ2) is 8.25. The van der Waals surface area contributed by atoms with Crippen LogP contribution in [0.15, 0.2) is 59.2 Å². The third-order valence-electron chi connectivity index (χ3n) is 3.81. The minimum atomic E-state index is 0.291. The first-order valence-corrected chi connectivity index (χ1v) is 8.26. The zero-order valence-electron chi connectivity index (χ0n) is 15.1. The summed E-state index contributed by atoms with van der Waals surface area (Å²) in [7, 11) is 3.26. The van der Waals surface area contributed by atoms with E-state index in [2.05, 4.69) is 4.98 Å². The number of ether oxygens (including phenoxy) is 3. The Morgan fingerprint density at radius 3 is 2.50 bits per heavy atom. The Bertz CT molecular complexity index is 881. The normalized spacial score (nSPS) is 10.9. The average molecular weight is 351 g/mol. The molecule has 0 unspecified atom stereocenters. The van der Waals surface area contributed by atoms with E-state index in [9.17, 15) is 0 Å². The van der Waals surface area contributed by atoms with Crippen LogP contribution in [0.4, 0.5) is 0 Å². The monoisotopic (exact) mass is 351 g/mol. The summed E-state index contributed by atoms with van der Waals surface area (Å²) in [5.74, 6) is 2.67. The van der Waals surface area contributed by atoms with E-state index in [0.29, 0.717) is 29.7 Å². The lowest BCUT2D eigenvalue weighted by atomic mass is 10.2. The van der Waals surface area contributed by atoms with Crippen molar-refractivity contribution in [2.24, 2.45) is 0 Å². The van der Waals surface area contributed by atoms with Crippen molar-refractivity contribution in [2.45, 2.75) is 13.5 Å². The Morgan fingerprint density at radius 2 is 1.81 bits per heavy atom. The third kappa shape index (κ3) is 4.06. The highest BCUT2D eigenvalue weighted by molar-refractivity contribution is 5.56. The average Bonchev–Trinajstić information content (AvgIpc) is 3.16. The molecular weight excluding hydrogens is 330 g/mol. The fraction of sp³-hybridized carbons (Fsp3) is 0.190. The van der Waals surface area contributed by atoms with Crippen LogP contribution < -0.4 is 14.2 Å². The van der Waals surface area contributed by atoms with Crippen LogP contribution in [0.1, 0.15) is 18.2 Å². The number of hydrogen-bond acceptors (Lipinski definition) is 5. The summed E-state index contributed by atoms with van der Waals surface area (Å²) in [5, 5.41) is 0. The summed E-state index contributed by atoms with van der Waals surface area (Å²) in [6.07, 6.45) is 5.58. The van der Waals surface area contributed by atoms with Crippen LogP contribution in [-0.2, 0) is 6.61 Å². The molecule has 3 rings (SSSR count). The summed E-state index contributed by atoms with van der Waals surface area (Å²) in [6.45, 7) is 2.26. The van der Waals surface area contributed by atoms with Crippen LogP contribution >= 0.6 is 0 Å². The van der Waals surface area contributed by atoms with Crippen LogP contribution in [0.3, 0.4) is 0 Å². The molecule has 5 heteroatoms. The van der Waals surface area contributed by atoms with Gasteiger partial charge in [-0.15, -0.1) is 0 Å². The SMILES string of the molecule is C/C=C/c1ccc(OCc2coc(-c3ccc(OC)cc3)n2)c(OC)c1. The number of benzene rings is 2. The number of methoxy groups -OCH3 is 2. The molecule has 0 N–H and O–H groups in total. The quantitative estimate of drug-likeness (QED) is 0.601. The van der Waals surface area contributed by atoms with Crippen LogP contribution in [0.2, 0.25) is 0 Å². The van der Waals surface area contributed by atoms with Crippen molar-refractivity contribution in [3.05, 3.63) is 66.1 Å². The van der Waals surface area contributed by atoms with Gasteiger partial charge in [-0.2, -0.15) is 0 Å². The molecule has 0 spiro atoms. The minimum absolute atomic E-state index is 0.291. The highest BCUT2D eigenvalue weighted by atomic mass is 16.5. The van der Waals surface area contributed by atoms with Gasteiger partial charge < -0.3 is 18.6 Å². The van der Waals surface area contributed by atoms with Crippen molar-refractivity contribution in [1.82, 2.24) is 4.98 Å². The van der Waals surface area contributed by atoms with Gasteiger partial charge in [-0.3, -0.25) is 0 Å². The third-order valence-corrected chi connectivity index (χ3v) is 3.81. The number of oxazole rings is 1. The summed E-state index contributed by atoms with van der Waals surface area (Å²) in [6, 6.07) is 13.3. The van der Waals surface area contributed by atoms with Crippen LogP contribution in [0.25, 0.3) is 17.5 Å². The number of nitrogens with zero attached hydrogens (tertiary/aromatic N) is 1. The van der Waals surface area contributed by atoms with Gasteiger partial charge in [0.15, 0.2) is 11.5 Å². The molecule has 0 aliphatic rings. The molecule has 3 aromatic rings. The Kier molecular flexibility index (Phi) is 5.59. The maximum atomic E-state index is 5.84. The molecule has 1 aromatic heterocycles. The van der Waals surface area contributed by atoms with Gasteiger partial charge in [0, 0.05) is 5.56 Å². The molecular formula is C21H21NO4. The topological polar surface area (TPSA) is 53.7 Å². The molecule has 5 nitrogen and oxygen atoms in total. The first-order chi connectivity index (χ1) is 12.7. The maximum absolute atomic E-state index is 5.84. The van der Waals surface area contributed by atoms with Crippen LogP contribution in [0, 0.1) is 0 Å². The fourth-order valence-electron chi connectivity index (χ4n) is 2.49. The van der Waals surface area contributed by atoms with Crippen LogP contribution in [-0.4, -0.2) is 19.2 Å². The van der Waals surface area contributed by atoms with E-state index in [1.54, 1.807) is 20.5 Å². The predicted molar refractivity (Wildman–Crippen MR) is 101 cm³/mol. The van der Waals surface area contributed by atoms with E-state index in [1.807, 2.05) is 61.5 Å². The highest BCUT2D eigenvalue weighted by Crippen LogP contribution is 2.29. The van der Waals surface area contributed by atoms with Crippen molar-refractivity contribution < 1.29 is 18.6 Å². The zero-order chi connectivity index (χ0) is 18.4. The number of allylic oxidation sites excluding steroid dienone is 1. The summed E-state index contributed by atoms with van der Waals surface area (Å²) >= 11 is 0. The summed E-state index contributed by atoms with van der Waals surface area (Å²) in [5.41, 5.74) is 2.64. The fourth-order valence-corrected chi connectivity index (χ4v) is 2.49. The Morgan fingerprint density at radius 1 is 1.00 bits per heavy atom. The second-order valence-electron chi connectivity index (χ2n) is 5.57. The highest BCUT2D eigenvalue weighted by Gasteiger charge is 2.10. The van der Waals surface area contributed by atoms with Crippen molar-refractivity contribution in [3.8, 4) is 28.7 Å². The Balaban J connectivity index is 1.69. The van der Waals surface area contributed by atoms with E-state index >= 15 is 0 Å². The minimum Gasteiger partial charge on any atom is -0.497 e. The van der Waals surface area contributed by atoms with Gasteiger partial charge in [0.25, 0.3) is 0 Å². The molecule has 0 fully saturated rings. The molecule has 0 saturated carbocycles. The lowest BCUT2D eigenvalue weighted by molar-refractivity contribution is 0.280. The standard InChI is InChI=1S/C21H21NO4/c1-4-5-15-6-11-19(20(12-15)24-3)25-13-17-14-26-21(22-17)16-7-9-18(23-2)10-8-16/h4-12,14H,13H2,1-3H3/b5-4+. The van der Waals surface area contributed by atoms with Crippen molar-refractivity contribution in [3.63, 3.8) is 0 Å². The van der Waals surface area contributed by atoms with E-state index < -0.39 is 0 Å². The molecule has 0 amide bonds. The Labute approximate surface area is 152 Å². The van der Waals surface area contributed by atoms with Crippen LogP contribution in [0.5, 0.6) is 17.2 Å². The van der Waals surface area contributed by atoms with Crippen molar-refractivity contribution >= 4 is 6.08 Å². The van der Waals surface area contributed by atoms with E-state index in [0.717, 1.165) is 16.9 Å². The van der Waals surface area contributed by atoms with Gasteiger partial charge in [0.05, 0.1) is 14.2 Å². The van der Waals surface area contributed by atoms with Gasteiger partial charge in [-0.05, 0) is 48.9 Å². The first-order valence-electron chi connectivity index (χ1n) is 8.26. The lowest BCUT2D eigenvalue weighted by Gasteiger charge is -2.10. The number of hydrogen-bond donors (Lipinski definition) is 0. The summed E-state index contributed by atoms with van der Waals surface area (Å²) in [4.78, 5) is 4.47. The molecule has 2 aromatic carbocycles. The van der Waals surface area contributed by atoms with Crippen molar-refractivity contribution in [1.29, 1.82) is 0 Å². The molecule has 26 heavy (non-hydrogen) atoms. The van der Waals surface area contributed by atoms with E-state index in [-0.39, 0.29) is 0 Å². The van der Waals surface area contributed by atoms with Gasteiger partial charge >= 0.3 is 0 Å². The molecule has 0 atom stereocenters. The van der Waals surface area contributed by atoms with Crippen molar-refractivity contribution in [2.75, 3.05) is 14.2 Å². The first kappa shape index (κ1) is 17.6. The zero-order valence-corrected chi connectivity index (χ0v) is 15.1. The molecule has 0 aliphatic carbocycles. The predicted octanol–water partition coefficient (Wildman–Crippen LogP) is 4.97. The molecule has 1 heterocycles.